The molecule has 2 N–H and O–H groups in total. The van der Waals surface area contributed by atoms with E-state index in [-0.39, 0.29) is 23.9 Å². The molecule has 0 radical (unpaired) electrons. The van der Waals surface area contributed by atoms with Crippen LogP contribution in [0.5, 0.6) is 5.75 Å². The van der Waals surface area contributed by atoms with Crippen LogP contribution in [0.2, 0.25) is 0 Å². The molecular formula is C21H27ClN2O5. The maximum absolute atomic E-state index is 12.7. The van der Waals surface area contributed by atoms with Crippen LogP contribution in [-0.4, -0.2) is 39.3 Å². The summed E-state index contributed by atoms with van der Waals surface area (Å²) >= 11 is 0. The number of benzene rings is 1. The van der Waals surface area contributed by atoms with Crippen LogP contribution < -0.4 is 21.0 Å². The third-order valence-electron chi connectivity index (χ3n) is 4.74. The largest absolute Gasteiger partial charge is 0.491 e. The van der Waals surface area contributed by atoms with Crippen LogP contribution in [0.25, 0.3) is 0 Å². The van der Waals surface area contributed by atoms with Gasteiger partial charge in [0.05, 0.1) is 6.61 Å². The Morgan fingerprint density at radius 2 is 2.14 bits per heavy atom. The van der Waals surface area contributed by atoms with Crippen LogP contribution in [0.3, 0.4) is 0 Å². The summed E-state index contributed by atoms with van der Waals surface area (Å²) in [5.74, 6) is 0.922. The second kappa shape index (κ2) is 11.0. The Balaban J connectivity index is 0.00000300. The van der Waals surface area contributed by atoms with Crippen molar-refractivity contribution in [1.82, 2.24) is 5.32 Å². The average Bonchev–Trinajstić information content (AvgIpc) is 2.68. The molecule has 1 fully saturated rings. The lowest BCUT2D eigenvalue weighted by Crippen LogP contribution is -2.30. The minimum atomic E-state index is -0.606. The van der Waals surface area contributed by atoms with Gasteiger partial charge in [-0.1, -0.05) is 6.07 Å². The predicted molar refractivity (Wildman–Crippen MR) is 114 cm³/mol. The van der Waals surface area contributed by atoms with Gasteiger partial charge in [0.1, 0.15) is 23.7 Å². The van der Waals surface area contributed by atoms with Crippen LogP contribution in [0.1, 0.15) is 40.4 Å². The molecule has 0 aliphatic carbocycles. The van der Waals surface area contributed by atoms with E-state index in [1.807, 2.05) is 0 Å². The summed E-state index contributed by atoms with van der Waals surface area (Å²) in [5, 5.41) is 6.05. The molecule has 1 aliphatic rings. The molecule has 1 aromatic heterocycles. The topological polar surface area (TPSA) is 89.8 Å². The van der Waals surface area contributed by atoms with Gasteiger partial charge in [0, 0.05) is 31.3 Å². The number of carbonyl (C=O) groups is 1. The van der Waals surface area contributed by atoms with Gasteiger partial charge in [-0.3, -0.25) is 4.79 Å². The molecule has 2 aromatic rings. The van der Waals surface area contributed by atoms with Crippen LogP contribution in [0.15, 0.2) is 39.5 Å². The zero-order valence-corrected chi connectivity index (χ0v) is 17.5. The maximum Gasteiger partial charge on any atom is 0.349 e. The molecule has 1 aliphatic heterocycles. The Morgan fingerprint density at radius 3 is 2.83 bits per heavy atom. The quantitative estimate of drug-likeness (QED) is 0.666. The number of amides is 1. The average molecular weight is 423 g/mol. The molecule has 1 amide bonds. The van der Waals surface area contributed by atoms with E-state index >= 15 is 0 Å². The first-order valence-electron chi connectivity index (χ1n) is 9.47. The Kier molecular flexibility index (Phi) is 8.70. The van der Waals surface area contributed by atoms with Crippen molar-refractivity contribution in [2.75, 3.05) is 38.7 Å². The second-order valence-electron chi connectivity index (χ2n) is 6.86. The fourth-order valence-corrected chi connectivity index (χ4v) is 3.30. The Hall–Kier alpha value is -2.35. The highest BCUT2D eigenvalue weighted by molar-refractivity contribution is 6.05. The normalized spacial score (nSPS) is 16.0. The lowest BCUT2D eigenvalue weighted by atomic mass is 9.95. The number of halogens is 1. The summed E-state index contributed by atoms with van der Waals surface area (Å²) < 4.78 is 16.0. The number of carbonyl (C=O) groups excluding carboxylic acids is 1. The predicted octanol–water partition coefficient (Wildman–Crippen LogP) is 3.11. The van der Waals surface area contributed by atoms with Crippen molar-refractivity contribution < 1.29 is 18.7 Å². The lowest BCUT2D eigenvalue weighted by Gasteiger charge is -2.22. The highest BCUT2D eigenvalue weighted by atomic mass is 35.5. The van der Waals surface area contributed by atoms with E-state index in [0.29, 0.717) is 36.0 Å². The Labute approximate surface area is 176 Å². The zero-order valence-electron chi connectivity index (χ0n) is 16.7. The van der Waals surface area contributed by atoms with E-state index in [0.717, 1.165) is 25.9 Å². The van der Waals surface area contributed by atoms with Gasteiger partial charge in [0.15, 0.2) is 0 Å². The lowest BCUT2D eigenvalue weighted by molar-refractivity contribution is 0.102. The molecule has 29 heavy (non-hydrogen) atoms. The summed E-state index contributed by atoms with van der Waals surface area (Å²) in [7, 11) is 1.60. The van der Waals surface area contributed by atoms with Gasteiger partial charge in [-0.15, -0.1) is 12.4 Å². The van der Waals surface area contributed by atoms with Crippen LogP contribution in [0, 0.1) is 6.92 Å². The smallest absolute Gasteiger partial charge is 0.349 e. The van der Waals surface area contributed by atoms with E-state index in [9.17, 15) is 9.59 Å². The van der Waals surface area contributed by atoms with Crippen molar-refractivity contribution in [3.63, 3.8) is 0 Å². The number of rotatable bonds is 7. The van der Waals surface area contributed by atoms with E-state index < -0.39 is 11.5 Å². The number of hydrogen-bond acceptors (Lipinski definition) is 6. The van der Waals surface area contributed by atoms with E-state index in [4.69, 9.17) is 13.9 Å². The number of nitrogens with one attached hydrogen (secondary N) is 2. The molecule has 7 nitrogen and oxygen atoms in total. The van der Waals surface area contributed by atoms with Crippen molar-refractivity contribution >= 4 is 24.0 Å². The molecular weight excluding hydrogens is 396 g/mol. The Bertz CT molecular complexity index is 878. The molecule has 0 spiro atoms. The number of ether oxygens (including phenoxy) is 2. The molecule has 1 unspecified atom stereocenters. The van der Waals surface area contributed by atoms with Gasteiger partial charge in [-0.05, 0) is 50.1 Å². The minimum absolute atomic E-state index is 0. The van der Waals surface area contributed by atoms with Crippen LogP contribution in [0.4, 0.5) is 5.69 Å². The molecule has 1 saturated heterocycles. The number of methoxy groups -OCH3 is 1. The first-order chi connectivity index (χ1) is 13.6. The molecule has 0 bridgehead atoms. The number of piperidine rings is 1. The molecule has 8 heteroatoms. The fraction of sp³-hybridized carbons (Fsp3) is 0.429. The van der Waals surface area contributed by atoms with E-state index in [2.05, 4.69) is 10.6 Å². The third-order valence-corrected chi connectivity index (χ3v) is 4.74. The molecule has 158 valence electrons. The third kappa shape index (κ3) is 6.06. The van der Waals surface area contributed by atoms with Gasteiger partial charge in [0.2, 0.25) is 0 Å². The molecule has 1 atom stereocenters. The van der Waals surface area contributed by atoms with Gasteiger partial charge in [-0.25, -0.2) is 4.79 Å². The fourth-order valence-electron chi connectivity index (χ4n) is 3.30. The van der Waals surface area contributed by atoms with Gasteiger partial charge >= 0.3 is 5.63 Å². The standard InChI is InChI=1S/C21H26N2O5.ClH/c1-14-11-18(15-5-4-8-22-13-15)28-21(25)19(14)20(24)23-16-6-3-7-17(12-16)27-10-9-26-2;/h3,6-7,11-12,15,22H,4-5,8-10,13H2,1-2H3,(H,23,24);1H. The van der Waals surface area contributed by atoms with Crippen LogP contribution >= 0.6 is 12.4 Å². The highest BCUT2D eigenvalue weighted by Crippen LogP contribution is 2.24. The monoisotopic (exact) mass is 422 g/mol. The summed E-state index contributed by atoms with van der Waals surface area (Å²) in [6.07, 6.45) is 2.01. The maximum atomic E-state index is 12.7. The molecule has 0 saturated carbocycles. The van der Waals surface area contributed by atoms with Crippen molar-refractivity contribution in [1.29, 1.82) is 0 Å². The zero-order chi connectivity index (χ0) is 19.9. The van der Waals surface area contributed by atoms with E-state index in [1.54, 1.807) is 44.4 Å². The Morgan fingerprint density at radius 1 is 1.31 bits per heavy atom. The second-order valence-corrected chi connectivity index (χ2v) is 6.86. The number of hydrogen-bond donors (Lipinski definition) is 2. The van der Waals surface area contributed by atoms with Gasteiger partial charge in [-0.2, -0.15) is 0 Å². The van der Waals surface area contributed by atoms with E-state index in [1.165, 1.54) is 0 Å². The van der Waals surface area contributed by atoms with Gasteiger partial charge in [0.25, 0.3) is 5.91 Å². The number of aryl methyl sites for hydroxylation is 1. The van der Waals surface area contributed by atoms with Crippen molar-refractivity contribution in [3.8, 4) is 5.75 Å². The van der Waals surface area contributed by atoms with Crippen molar-refractivity contribution in [3.05, 3.63) is 57.6 Å². The molecule has 3 rings (SSSR count). The van der Waals surface area contributed by atoms with Crippen LogP contribution in [-0.2, 0) is 4.74 Å². The van der Waals surface area contributed by atoms with Gasteiger partial charge < -0.3 is 24.5 Å². The summed E-state index contributed by atoms with van der Waals surface area (Å²) in [5.41, 5.74) is 0.574. The molecule has 2 heterocycles. The SMILES string of the molecule is COCCOc1cccc(NC(=O)c2c(C)cc(C3CCCNC3)oc2=O)c1.Cl. The molecule has 1 aromatic carbocycles. The highest BCUT2D eigenvalue weighted by Gasteiger charge is 2.22. The first kappa shape index (κ1) is 22.9. The minimum Gasteiger partial charge on any atom is -0.491 e. The first-order valence-corrected chi connectivity index (χ1v) is 9.47. The summed E-state index contributed by atoms with van der Waals surface area (Å²) in [6, 6.07) is 8.80. The van der Waals surface area contributed by atoms with Crippen molar-refractivity contribution in [2.45, 2.75) is 25.7 Å². The summed E-state index contributed by atoms with van der Waals surface area (Å²) in [6.45, 7) is 4.40. The van der Waals surface area contributed by atoms with Crippen molar-refractivity contribution in [2.24, 2.45) is 0 Å². The summed E-state index contributed by atoms with van der Waals surface area (Å²) in [4.78, 5) is 25.2. The number of anilines is 1.